The predicted octanol–water partition coefficient (Wildman–Crippen LogP) is 2.10. The number of hydrogen-bond donors (Lipinski definition) is 2. The maximum Gasteiger partial charge on any atom is 0.417 e. The van der Waals surface area contributed by atoms with E-state index in [9.17, 15) is 19.8 Å². The number of piperidine rings is 2. The van der Waals surface area contributed by atoms with Crippen molar-refractivity contribution in [2.24, 2.45) is 0 Å². The van der Waals surface area contributed by atoms with Crippen LogP contribution < -0.4 is 0 Å². The first-order chi connectivity index (χ1) is 14.6. The van der Waals surface area contributed by atoms with Crippen LogP contribution >= 0.6 is 0 Å². The van der Waals surface area contributed by atoms with Gasteiger partial charge in [0.25, 0.3) is 0 Å². The molecule has 2 saturated heterocycles. The maximum atomic E-state index is 12.6. The van der Waals surface area contributed by atoms with Crippen molar-refractivity contribution in [1.29, 1.82) is 0 Å². The molecule has 186 valence electrons. The fourth-order valence-electron chi connectivity index (χ4n) is 6.43. The predicted molar refractivity (Wildman–Crippen MR) is 122 cm³/mol. The average molecular weight is 457 g/mol. The van der Waals surface area contributed by atoms with E-state index < -0.39 is 24.1 Å². The number of hydrogen-bond acceptors (Lipinski definition) is 8. The molecule has 0 aromatic rings. The van der Waals surface area contributed by atoms with Crippen LogP contribution in [0, 0.1) is 0 Å². The van der Waals surface area contributed by atoms with Crippen molar-refractivity contribution in [3.63, 3.8) is 0 Å². The van der Waals surface area contributed by atoms with Crippen LogP contribution in [-0.2, 0) is 19.1 Å². The third kappa shape index (κ3) is 6.01. The maximum absolute atomic E-state index is 12.6. The Morgan fingerprint density at radius 2 is 0.906 bits per heavy atom. The first kappa shape index (κ1) is 27.0. The molecule has 0 aromatic carbocycles. The molecule has 0 aliphatic carbocycles. The number of nitrogens with zero attached hydrogens (tertiary/aromatic N) is 2. The summed E-state index contributed by atoms with van der Waals surface area (Å²) in [6.45, 7) is 17.7. The minimum absolute atomic E-state index is 0.0630. The van der Waals surface area contributed by atoms with Gasteiger partial charge in [0.2, 0.25) is 0 Å². The molecular formula is C24H44N2O6. The SMILES string of the molecule is CC1(C)CC(OC(=O)C(=O)OC2CC(C)(C)N(CCO)C(C)(C)C2)CC(C)(C)N1CCO. The lowest BCUT2D eigenvalue weighted by atomic mass is 9.78. The van der Waals surface area contributed by atoms with E-state index >= 15 is 0 Å². The Morgan fingerprint density at radius 1 is 0.656 bits per heavy atom. The molecule has 2 N–H and O–H groups in total. The van der Waals surface area contributed by atoms with Crippen molar-refractivity contribution < 1.29 is 29.3 Å². The second-order valence-corrected chi connectivity index (χ2v) is 11.9. The Kier molecular flexibility index (Phi) is 8.08. The summed E-state index contributed by atoms with van der Waals surface area (Å²) in [6, 6.07) is 0. The molecular weight excluding hydrogens is 412 g/mol. The minimum Gasteiger partial charge on any atom is -0.454 e. The highest BCUT2D eigenvalue weighted by Crippen LogP contribution is 2.40. The van der Waals surface area contributed by atoms with E-state index in [4.69, 9.17) is 9.47 Å². The molecule has 0 spiro atoms. The third-order valence-corrected chi connectivity index (χ3v) is 7.19. The van der Waals surface area contributed by atoms with Crippen LogP contribution in [-0.4, -0.2) is 92.6 Å². The van der Waals surface area contributed by atoms with Crippen molar-refractivity contribution in [1.82, 2.24) is 9.80 Å². The Hall–Kier alpha value is -1.22. The molecule has 0 unspecified atom stereocenters. The van der Waals surface area contributed by atoms with E-state index in [0.29, 0.717) is 38.8 Å². The van der Waals surface area contributed by atoms with Crippen LogP contribution in [0.15, 0.2) is 0 Å². The summed E-state index contributed by atoms with van der Waals surface area (Å²) in [5, 5.41) is 18.9. The molecule has 2 aliphatic heterocycles. The average Bonchev–Trinajstić information content (AvgIpc) is 2.59. The summed E-state index contributed by atoms with van der Waals surface area (Å²) in [5.41, 5.74) is -1.14. The summed E-state index contributed by atoms with van der Waals surface area (Å²) in [4.78, 5) is 29.7. The Labute approximate surface area is 193 Å². The highest BCUT2D eigenvalue weighted by atomic mass is 16.6. The van der Waals surface area contributed by atoms with Gasteiger partial charge in [-0.25, -0.2) is 9.59 Å². The van der Waals surface area contributed by atoms with Crippen LogP contribution in [0.2, 0.25) is 0 Å². The largest absolute Gasteiger partial charge is 0.454 e. The zero-order valence-electron chi connectivity index (χ0n) is 21.2. The summed E-state index contributed by atoms with van der Waals surface area (Å²) < 4.78 is 11.2. The summed E-state index contributed by atoms with van der Waals surface area (Å²) in [6.07, 6.45) is 1.53. The molecule has 0 atom stereocenters. The van der Waals surface area contributed by atoms with Crippen LogP contribution in [0.1, 0.15) is 81.1 Å². The fourth-order valence-corrected chi connectivity index (χ4v) is 6.43. The number of aliphatic hydroxyl groups is 2. The highest BCUT2D eigenvalue weighted by Gasteiger charge is 2.48. The van der Waals surface area contributed by atoms with E-state index in [0.717, 1.165) is 0 Å². The molecule has 0 saturated carbocycles. The lowest BCUT2D eigenvalue weighted by Gasteiger charge is -2.55. The van der Waals surface area contributed by atoms with Gasteiger partial charge in [-0.1, -0.05) is 0 Å². The molecule has 0 radical (unpaired) electrons. The molecule has 2 fully saturated rings. The number of ether oxygens (including phenoxy) is 2. The molecule has 2 heterocycles. The zero-order chi connectivity index (χ0) is 24.5. The zero-order valence-corrected chi connectivity index (χ0v) is 21.2. The molecule has 0 aromatic heterocycles. The molecule has 8 nitrogen and oxygen atoms in total. The van der Waals surface area contributed by atoms with Gasteiger partial charge in [0.15, 0.2) is 0 Å². The summed E-state index contributed by atoms with van der Waals surface area (Å²) >= 11 is 0. The standard InChI is InChI=1S/C24H44N2O6/c1-21(2)13-17(14-22(3,4)25(21)9-11-27)31-19(29)20(30)32-18-15-23(5,6)26(10-12-28)24(7,8)16-18/h17-18,27-28H,9-16H2,1-8H3. The van der Waals surface area contributed by atoms with Crippen molar-refractivity contribution in [2.75, 3.05) is 26.3 Å². The van der Waals surface area contributed by atoms with Crippen molar-refractivity contribution in [2.45, 2.75) is 115 Å². The van der Waals surface area contributed by atoms with E-state index in [1.54, 1.807) is 0 Å². The second kappa shape index (κ2) is 9.57. The Balaban J connectivity index is 2.01. The van der Waals surface area contributed by atoms with Gasteiger partial charge in [0.05, 0.1) is 13.2 Å². The van der Waals surface area contributed by atoms with E-state index in [1.165, 1.54) is 0 Å². The molecule has 0 bridgehead atoms. The number of rotatable bonds is 6. The molecule has 0 amide bonds. The molecule has 2 rings (SSSR count). The number of esters is 2. The van der Waals surface area contributed by atoms with Crippen LogP contribution in [0.4, 0.5) is 0 Å². The van der Waals surface area contributed by atoms with Gasteiger partial charge in [-0.05, 0) is 55.4 Å². The number of likely N-dealkylation sites (tertiary alicyclic amines) is 2. The summed E-state index contributed by atoms with van der Waals surface area (Å²) in [7, 11) is 0. The fraction of sp³-hybridized carbons (Fsp3) is 0.917. The smallest absolute Gasteiger partial charge is 0.417 e. The number of carbonyl (C=O) groups excluding carboxylic acids is 2. The van der Waals surface area contributed by atoms with E-state index in [1.807, 2.05) is 0 Å². The van der Waals surface area contributed by atoms with Gasteiger partial charge in [-0.2, -0.15) is 0 Å². The summed E-state index contributed by atoms with van der Waals surface area (Å²) in [5.74, 6) is -1.88. The lowest BCUT2D eigenvalue weighted by Crippen LogP contribution is -2.63. The molecule has 32 heavy (non-hydrogen) atoms. The topological polar surface area (TPSA) is 99.5 Å². The van der Waals surface area contributed by atoms with E-state index in [2.05, 4.69) is 65.2 Å². The van der Waals surface area contributed by atoms with Crippen molar-refractivity contribution in [3.8, 4) is 0 Å². The van der Waals surface area contributed by atoms with Crippen molar-refractivity contribution in [3.05, 3.63) is 0 Å². The molecule has 2 aliphatic rings. The van der Waals surface area contributed by atoms with Crippen molar-refractivity contribution >= 4 is 11.9 Å². The first-order valence-electron chi connectivity index (χ1n) is 11.7. The quantitative estimate of drug-likeness (QED) is 0.463. The van der Waals surface area contributed by atoms with Gasteiger partial charge in [-0.3, -0.25) is 9.80 Å². The Morgan fingerprint density at radius 3 is 1.12 bits per heavy atom. The van der Waals surface area contributed by atoms with Gasteiger partial charge >= 0.3 is 11.9 Å². The normalized spacial score (nSPS) is 25.9. The highest BCUT2D eigenvalue weighted by molar-refractivity contribution is 6.29. The third-order valence-electron chi connectivity index (χ3n) is 7.19. The monoisotopic (exact) mass is 456 g/mol. The second-order valence-electron chi connectivity index (χ2n) is 11.9. The van der Waals surface area contributed by atoms with Crippen LogP contribution in [0.3, 0.4) is 0 Å². The lowest BCUT2D eigenvalue weighted by molar-refractivity contribution is -0.185. The first-order valence-corrected chi connectivity index (χ1v) is 11.7. The Bertz CT molecular complexity index is 594. The number of aliphatic hydroxyl groups excluding tert-OH is 2. The van der Waals surface area contributed by atoms with Crippen LogP contribution in [0.5, 0.6) is 0 Å². The molecule has 8 heteroatoms. The number of β-amino-alcohol motifs (C(OH)–C–C–N with tert-alkyl or cyclic N) is 2. The van der Waals surface area contributed by atoms with E-state index in [-0.39, 0.29) is 35.4 Å². The van der Waals surface area contributed by atoms with Gasteiger partial charge in [0, 0.05) is 60.9 Å². The van der Waals surface area contributed by atoms with Gasteiger partial charge in [-0.15, -0.1) is 0 Å². The number of carbonyl (C=O) groups is 2. The van der Waals surface area contributed by atoms with Gasteiger partial charge in [0.1, 0.15) is 12.2 Å². The van der Waals surface area contributed by atoms with Gasteiger partial charge < -0.3 is 19.7 Å². The van der Waals surface area contributed by atoms with Crippen LogP contribution in [0.25, 0.3) is 0 Å². The minimum atomic E-state index is -0.939.